The molecule has 1 aliphatic rings. The Morgan fingerprint density at radius 3 is 2.95 bits per heavy atom. The normalized spacial score (nSPS) is 15.9. The Labute approximate surface area is 125 Å². The lowest BCUT2D eigenvalue weighted by Gasteiger charge is -2.21. The highest BCUT2D eigenvalue weighted by Crippen LogP contribution is 2.15. The maximum Gasteiger partial charge on any atom is 0.226 e. The van der Waals surface area contributed by atoms with E-state index < -0.39 is 0 Å². The molecular weight excluding hydrogens is 268 g/mol. The standard InChI is InChI=1S/C16H24N2O3/c17-11-14-2-1-3-15(10-14)18-16(19)6-9-21-12-13-4-7-20-8-5-13/h1-3,10,13H,4-9,11-12,17H2,(H,18,19). The molecule has 1 aromatic rings. The molecule has 0 unspecified atom stereocenters. The van der Waals surface area contributed by atoms with E-state index in [2.05, 4.69) is 5.32 Å². The van der Waals surface area contributed by atoms with Crippen molar-refractivity contribution in [1.82, 2.24) is 0 Å². The number of rotatable bonds is 7. The smallest absolute Gasteiger partial charge is 0.226 e. The molecule has 0 spiro atoms. The molecule has 2 rings (SSSR count). The number of anilines is 1. The first-order valence-corrected chi connectivity index (χ1v) is 7.52. The minimum atomic E-state index is -0.0313. The molecule has 21 heavy (non-hydrogen) atoms. The maximum atomic E-state index is 11.8. The summed E-state index contributed by atoms with van der Waals surface area (Å²) >= 11 is 0. The maximum absolute atomic E-state index is 11.8. The Bertz CT molecular complexity index is 445. The molecule has 0 radical (unpaired) electrons. The van der Waals surface area contributed by atoms with Crippen molar-refractivity contribution in [1.29, 1.82) is 0 Å². The third-order valence-electron chi connectivity index (χ3n) is 3.61. The van der Waals surface area contributed by atoms with Gasteiger partial charge in [0.15, 0.2) is 0 Å². The highest BCUT2D eigenvalue weighted by atomic mass is 16.5. The highest BCUT2D eigenvalue weighted by Gasteiger charge is 2.13. The third-order valence-corrected chi connectivity index (χ3v) is 3.61. The van der Waals surface area contributed by atoms with E-state index in [-0.39, 0.29) is 5.91 Å². The Balaban J connectivity index is 1.62. The molecule has 5 nitrogen and oxygen atoms in total. The Morgan fingerprint density at radius 2 is 2.19 bits per heavy atom. The Kier molecular flexibility index (Phi) is 6.66. The zero-order valence-corrected chi connectivity index (χ0v) is 12.3. The van der Waals surface area contributed by atoms with Crippen LogP contribution in [0.15, 0.2) is 24.3 Å². The molecule has 5 heteroatoms. The van der Waals surface area contributed by atoms with E-state index in [1.807, 2.05) is 24.3 Å². The SMILES string of the molecule is NCc1cccc(NC(=O)CCOCC2CCOCC2)c1. The predicted octanol–water partition coefficient (Wildman–Crippen LogP) is 1.92. The van der Waals surface area contributed by atoms with Crippen LogP contribution in [0.4, 0.5) is 5.69 Å². The van der Waals surface area contributed by atoms with Crippen molar-refractivity contribution in [3.05, 3.63) is 29.8 Å². The van der Waals surface area contributed by atoms with E-state index in [0.717, 1.165) is 43.9 Å². The van der Waals surface area contributed by atoms with Crippen LogP contribution in [-0.2, 0) is 20.8 Å². The monoisotopic (exact) mass is 292 g/mol. The second kappa shape index (κ2) is 8.77. The van der Waals surface area contributed by atoms with Crippen LogP contribution in [0.1, 0.15) is 24.8 Å². The van der Waals surface area contributed by atoms with Gasteiger partial charge in [-0.2, -0.15) is 0 Å². The molecule has 1 heterocycles. The summed E-state index contributed by atoms with van der Waals surface area (Å²) in [6, 6.07) is 7.58. The molecule has 1 amide bonds. The van der Waals surface area contributed by atoms with Crippen molar-refractivity contribution < 1.29 is 14.3 Å². The van der Waals surface area contributed by atoms with Gasteiger partial charge in [0.2, 0.25) is 5.91 Å². The number of carbonyl (C=O) groups excluding carboxylic acids is 1. The summed E-state index contributed by atoms with van der Waals surface area (Å²) in [5.74, 6) is 0.541. The van der Waals surface area contributed by atoms with Crippen molar-refractivity contribution in [2.75, 3.05) is 31.7 Å². The van der Waals surface area contributed by atoms with E-state index in [1.54, 1.807) is 0 Å². The molecule has 0 aliphatic carbocycles. The van der Waals surface area contributed by atoms with Gasteiger partial charge in [-0.05, 0) is 36.5 Å². The molecule has 1 aliphatic heterocycles. The van der Waals surface area contributed by atoms with E-state index in [9.17, 15) is 4.79 Å². The van der Waals surface area contributed by atoms with Gasteiger partial charge in [0.1, 0.15) is 0 Å². The van der Waals surface area contributed by atoms with Gasteiger partial charge in [-0.3, -0.25) is 4.79 Å². The number of nitrogens with two attached hydrogens (primary N) is 1. The Hall–Kier alpha value is -1.43. The topological polar surface area (TPSA) is 73.6 Å². The molecule has 3 N–H and O–H groups in total. The molecule has 0 aromatic heterocycles. The number of hydrogen-bond acceptors (Lipinski definition) is 4. The molecule has 116 valence electrons. The number of amides is 1. The second-order valence-corrected chi connectivity index (χ2v) is 5.33. The lowest BCUT2D eigenvalue weighted by Crippen LogP contribution is -2.21. The summed E-state index contributed by atoms with van der Waals surface area (Å²) in [5, 5.41) is 2.86. The van der Waals surface area contributed by atoms with Crippen molar-refractivity contribution in [2.24, 2.45) is 11.7 Å². The van der Waals surface area contributed by atoms with Gasteiger partial charge >= 0.3 is 0 Å². The first-order valence-electron chi connectivity index (χ1n) is 7.52. The molecular formula is C16H24N2O3. The van der Waals surface area contributed by atoms with Gasteiger partial charge in [-0.25, -0.2) is 0 Å². The summed E-state index contributed by atoms with van der Waals surface area (Å²) in [6.07, 6.45) is 2.48. The molecule has 0 atom stereocenters. The zero-order chi connectivity index (χ0) is 14.9. The van der Waals surface area contributed by atoms with Crippen LogP contribution in [-0.4, -0.2) is 32.3 Å². The van der Waals surface area contributed by atoms with Crippen LogP contribution >= 0.6 is 0 Å². The first-order chi connectivity index (χ1) is 10.3. The van der Waals surface area contributed by atoms with Crippen molar-refractivity contribution in [3.63, 3.8) is 0 Å². The molecule has 0 saturated carbocycles. The average molecular weight is 292 g/mol. The van der Waals surface area contributed by atoms with Gasteiger partial charge in [0.25, 0.3) is 0 Å². The lowest BCUT2D eigenvalue weighted by molar-refractivity contribution is -0.117. The minimum Gasteiger partial charge on any atom is -0.381 e. The van der Waals surface area contributed by atoms with Crippen LogP contribution in [0.5, 0.6) is 0 Å². The number of hydrogen-bond donors (Lipinski definition) is 2. The van der Waals surface area contributed by atoms with Crippen LogP contribution in [0.25, 0.3) is 0 Å². The van der Waals surface area contributed by atoms with E-state index >= 15 is 0 Å². The minimum absolute atomic E-state index is 0.0313. The van der Waals surface area contributed by atoms with Crippen molar-refractivity contribution in [2.45, 2.75) is 25.8 Å². The average Bonchev–Trinajstić information content (AvgIpc) is 2.53. The molecule has 1 fully saturated rings. The summed E-state index contributed by atoms with van der Waals surface area (Å²) < 4.78 is 10.9. The van der Waals surface area contributed by atoms with Gasteiger partial charge in [0.05, 0.1) is 13.0 Å². The molecule has 1 saturated heterocycles. The lowest BCUT2D eigenvalue weighted by atomic mass is 10.0. The number of nitrogens with one attached hydrogen (secondary N) is 1. The predicted molar refractivity (Wildman–Crippen MR) is 81.9 cm³/mol. The van der Waals surface area contributed by atoms with E-state index in [0.29, 0.717) is 25.5 Å². The summed E-state index contributed by atoms with van der Waals surface area (Å²) in [4.78, 5) is 11.8. The number of ether oxygens (including phenoxy) is 2. The third kappa shape index (κ3) is 5.83. The summed E-state index contributed by atoms with van der Waals surface area (Å²) in [6.45, 7) is 3.30. The highest BCUT2D eigenvalue weighted by molar-refractivity contribution is 5.90. The fraction of sp³-hybridized carbons (Fsp3) is 0.562. The van der Waals surface area contributed by atoms with Crippen LogP contribution < -0.4 is 11.1 Å². The van der Waals surface area contributed by atoms with Crippen LogP contribution in [0, 0.1) is 5.92 Å². The van der Waals surface area contributed by atoms with Crippen molar-refractivity contribution >= 4 is 11.6 Å². The first kappa shape index (κ1) is 15.9. The largest absolute Gasteiger partial charge is 0.381 e. The number of benzene rings is 1. The van der Waals surface area contributed by atoms with Crippen LogP contribution in [0.2, 0.25) is 0 Å². The fourth-order valence-electron chi connectivity index (χ4n) is 2.33. The zero-order valence-electron chi connectivity index (χ0n) is 12.3. The van der Waals surface area contributed by atoms with Gasteiger partial charge < -0.3 is 20.5 Å². The van der Waals surface area contributed by atoms with Crippen LogP contribution in [0.3, 0.4) is 0 Å². The fourth-order valence-corrected chi connectivity index (χ4v) is 2.33. The molecule has 0 bridgehead atoms. The van der Waals surface area contributed by atoms with Gasteiger partial charge in [-0.1, -0.05) is 12.1 Å². The summed E-state index contributed by atoms with van der Waals surface area (Å²) in [7, 11) is 0. The second-order valence-electron chi connectivity index (χ2n) is 5.33. The quantitative estimate of drug-likeness (QED) is 0.753. The molecule has 1 aromatic carbocycles. The van der Waals surface area contributed by atoms with Gasteiger partial charge in [0, 0.05) is 32.1 Å². The summed E-state index contributed by atoms with van der Waals surface area (Å²) in [5.41, 5.74) is 7.36. The Morgan fingerprint density at radius 1 is 1.38 bits per heavy atom. The van der Waals surface area contributed by atoms with Crippen molar-refractivity contribution in [3.8, 4) is 0 Å². The van der Waals surface area contributed by atoms with E-state index in [4.69, 9.17) is 15.2 Å². The van der Waals surface area contributed by atoms with E-state index in [1.165, 1.54) is 0 Å². The van der Waals surface area contributed by atoms with Gasteiger partial charge in [-0.15, -0.1) is 0 Å². The number of carbonyl (C=O) groups is 1.